The maximum Gasteiger partial charge on any atom is 0.407 e. The van der Waals surface area contributed by atoms with E-state index in [1.165, 1.54) is 14.2 Å². The molecule has 0 spiro atoms. The summed E-state index contributed by atoms with van der Waals surface area (Å²) in [7, 11) is 2.55. The molecule has 62 heavy (non-hydrogen) atoms. The number of amides is 4. The van der Waals surface area contributed by atoms with E-state index in [2.05, 4.69) is 54.8 Å². The number of nitrogens with zero attached hydrogens (tertiary/aromatic N) is 4. The highest BCUT2D eigenvalue weighted by molar-refractivity contribution is 7.22. The molecule has 5 N–H and O–H groups in total. The fourth-order valence-corrected chi connectivity index (χ4v) is 9.18. The molecule has 3 aromatic carbocycles. The minimum absolute atomic E-state index is 0.215. The summed E-state index contributed by atoms with van der Waals surface area (Å²) in [6, 6.07) is 28.1. The summed E-state index contributed by atoms with van der Waals surface area (Å²) in [5.41, 5.74) is 6.92. The Morgan fingerprint density at radius 1 is 0.710 bits per heavy atom. The standard InChI is InChI=1S/C46H43N9O6S/c1-60-45(58)52-39(29-11-5-3-6-12-29)43(56)54-21-9-15-35(54)41-47-25-33(50-41)28-19-17-27(18-20-28)31-23-37-32(49-31)24-38(62-37)34-26-48-42(51-34)36-16-10-22-55(36)44(57)40(53-46(59)61-2)30-13-7-4-8-14-30/h3-9,11-15,17-20,23-26,35-36,39-40,49H,10,16,21-22H2,1-2H3,(H,47,50)(H,48,51)(H,52,58)(H,53,59)/t35-,36-,39?,40?/m0/s1. The van der Waals surface area contributed by atoms with Crippen LogP contribution in [0, 0.1) is 0 Å². The van der Waals surface area contributed by atoms with Gasteiger partial charge in [-0.05, 0) is 47.2 Å². The van der Waals surface area contributed by atoms with E-state index < -0.39 is 30.3 Å². The van der Waals surface area contributed by atoms with Crippen molar-refractivity contribution in [3.05, 3.63) is 144 Å². The summed E-state index contributed by atoms with van der Waals surface area (Å²) in [4.78, 5) is 76.6. The van der Waals surface area contributed by atoms with Gasteiger partial charge in [0, 0.05) is 18.8 Å². The third-order valence-electron chi connectivity index (χ3n) is 11.3. The molecule has 2 unspecified atom stereocenters. The molecule has 15 nitrogen and oxygen atoms in total. The van der Waals surface area contributed by atoms with Gasteiger partial charge in [0.1, 0.15) is 29.8 Å². The second-order valence-electron chi connectivity index (χ2n) is 15.0. The van der Waals surface area contributed by atoms with Gasteiger partial charge in [0.15, 0.2) is 0 Å². The van der Waals surface area contributed by atoms with Gasteiger partial charge >= 0.3 is 12.2 Å². The number of imidazole rings is 2. The zero-order chi connectivity index (χ0) is 42.7. The first-order chi connectivity index (χ1) is 30.3. The first-order valence-corrected chi connectivity index (χ1v) is 21.0. The van der Waals surface area contributed by atoms with Gasteiger partial charge in [0.25, 0.3) is 11.8 Å². The van der Waals surface area contributed by atoms with Crippen molar-refractivity contribution in [3.8, 4) is 33.1 Å². The number of methoxy groups -OCH3 is 2. The van der Waals surface area contributed by atoms with E-state index in [4.69, 9.17) is 14.5 Å². The van der Waals surface area contributed by atoms with Crippen LogP contribution in [0.4, 0.5) is 9.59 Å². The highest BCUT2D eigenvalue weighted by Gasteiger charge is 2.38. The van der Waals surface area contributed by atoms with Crippen LogP contribution in [0.3, 0.4) is 0 Å². The van der Waals surface area contributed by atoms with E-state index in [9.17, 15) is 19.2 Å². The fraction of sp³-hybridized carbons (Fsp3) is 0.217. The average Bonchev–Trinajstić information content (AvgIpc) is 4.17. The van der Waals surface area contributed by atoms with Gasteiger partial charge < -0.3 is 44.9 Å². The molecule has 0 saturated carbocycles. The molecule has 0 aliphatic carbocycles. The lowest BCUT2D eigenvalue weighted by Gasteiger charge is -2.28. The van der Waals surface area contributed by atoms with Gasteiger partial charge in [0.05, 0.1) is 59.1 Å². The van der Waals surface area contributed by atoms with E-state index in [0.717, 1.165) is 56.1 Å². The fourth-order valence-electron chi connectivity index (χ4n) is 8.16. The van der Waals surface area contributed by atoms with Crippen LogP contribution in [0.15, 0.2) is 122 Å². The largest absolute Gasteiger partial charge is 0.453 e. The average molecular weight is 850 g/mol. The number of hydrogen-bond acceptors (Lipinski definition) is 9. The van der Waals surface area contributed by atoms with Crippen LogP contribution in [0.2, 0.25) is 0 Å². The Balaban J connectivity index is 0.870. The molecule has 1 fully saturated rings. The lowest BCUT2D eigenvalue weighted by Crippen LogP contribution is -2.43. The summed E-state index contributed by atoms with van der Waals surface area (Å²) in [5.74, 6) is 0.820. The molecule has 6 heterocycles. The molecule has 0 bridgehead atoms. The normalized spacial score (nSPS) is 16.9. The quantitative estimate of drug-likeness (QED) is 0.0810. The zero-order valence-corrected chi connectivity index (χ0v) is 34.6. The molecule has 9 rings (SSSR count). The summed E-state index contributed by atoms with van der Waals surface area (Å²) < 4.78 is 10.7. The smallest absolute Gasteiger partial charge is 0.407 e. The highest BCUT2D eigenvalue weighted by atomic mass is 32.1. The number of thiophene rings is 1. The van der Waals surface area contributed by atoms with Crippen molar-refractivity contribution in [1.29, 1.82) is 0 Å². The maximum atomic E-state index is 13.9. The first kappa shape index (κ1) is 40.0. The number of benzene rings is 3. The second kappa shape index (κ2) is 17.3. The van der Waals surface area contributed by atoms with Gasteiger partial charge in [-0.25, -0.2) is 19.6 Å². The van der Waals surface area contributed by atoms with Crippen LogP contribution < -0.4 is 10.6 Å². The van der Waals surface area contributed by atoms with Crippen molar-refractivity contribution >= 4 is 45.6 Å². The predicted octanol–water partition coefficient (Wildman–Crippen LogP) is 7.97. The van der Waals surface area contributed by atoms with Crippen molar-refractivity contribution in [2.24, 2.45) is 0 Å². The number of ether oxygens (including phenoxy) is 2. The van der Waals surface area contributed by atoms with Crippen LogP contribution in [0.25, 0.3) is 43.3 Å². The molecule has 4 amide bonds. The molecular formula is C46H43N9O6S. The van der Waals surface area contributed by atoms with Gasteiger partial charge in [-0.2, -0.15) is 0 Å². The van der Waals surface area contributed by atoms with Crippen LogP contribution in [0.1, 0.15) is 59.8 Å². The van der Waals surface area contributed by atoms with Gasteiger partial charge in [-0.1, -0.05) is 97.1 Å². The minimum atomic E-state index is -0.924. The lowest BCUT2D eigenvalue weighted by molar-refractivity contribution is -0.135. The van der Waals surface area contributed by atoms with Crippen LogP contribution in [-0.4, -0.2) is 86.0 Å². The Hall–Kier alpha value is -7.46. The number of rotatable bonds is 11. The minimum Gasteiger partial charge on any atom is -0.453 e. The Kier molecular flexibility index (Phi) is 11.1. The maximum absolute atomic E-state index is 13.9. The number of aromatic nitrogens is 5. The monoisotopic (exact) mass is 849 g/mol. The molecule has 4 aromatic heterocycles. The molecule has 314 valence electrons. The number of carbonyl (C=O) groups is 4. The van der Waals surface area contributed by atoms with Crippen LogP contribution in [-0.2, 0) is 19.1 Å². The van der Waals surface area contributed by atoms with Crippen molar-refractivity contribution in [3.63, 3.8) is 0 Å². The Bertz CT molecular complexity index is 2730. The Morgan fingerprint density at radius 2 is 1.29 bits per heavy atom. The number of hydrogen-bond donors (Lipinski definition) is 5. The number of H-pyrrole nitrogens is 3. The third-order valence-corrected chi connectivity index (χ3v) is 12.4. The lowest BCUT2D eigenvalue weighted by atomic mass is 10.1. The SMILES string of the molecule is COC(=O)NC(C(=O)N1CC=C[C@H]1c1ncc(-c2ccc(-c3cc4sc(-c5cnc([C@@H]6CCCN6C(=O)C(NC(=O)OC)c6ccccc6)[nH]5)cc4[nH]3)cc2)[nH]1)c1ccccc1. The molecular weight excluding hydrogens is 807 g/mol. The summed E-state index contributed by atoms with van der Waals surface area (Å²) in [6.07, 6.45) is 7.62. The zero-order valence-electron chi connectivity index (χ0n) is 33.8. The van der Waals surface area contributed by atoms with Crippen LogP contribution >= 0.6 is 11.3 Å². The van der Waals surface area contributed by atoms with E-state index in [1.54, 1.807) is 39.5 Å². The molecule has 4 atom stereocenters. The second-order valence-corrected chi connectivity index (χ2v) is 16.1. The molecule has 1 saturated heterocycles. The number of carbonyl (C=O) groups excluding carboxylic acids is 4. The Labute approximate surface area is 360 Å². The highest BCUT2D eigenvalue weighted by Crippen LogP contribution is 2.39. The number of fused-ring (bicyclic) bond motifs is 1. The predicted molar refractivity (Wildman–Crippen MR) is 234 cm³/mol. The van der Waals surface area contributed by atoms with Gasteiger partial charge in [0.2, 0.25) is 0 Å². The van der Waals surface area contributed by atoms with E-state index in [1.807, 2.05) is 79.0 Å². The Morgan fingerprint density at radius 3 is 1.92 bits per heavy atom. The van der Waals surface area contributed by atoms with Crippen molar-refractivity contribution in [1.82, 2.24) is 45.4 Å². The summed E-state index contributed by atoms with van der Waals surface area (Å²) >= 11 is 1.64. The number of likely N-dealkylation sites (tertiary alicyclic amines) is 1. The summed E-state index contributed by atoms with van der Waals surface area (Å²) in [5, 5.41) is 5.40. The third kappa shape index (κ3) is 7.94. The van der Waals surface area contributed by atoms with Crippen molar-refractivity contribution in [2.45, 2.75) is 37.0 Å². The van der Waals surface area contributed by atoms with Gasteiger partial charge in [-0.15, -0.1) is 11.3 Å². The molecule has 2 aliphatic heterocycles. The number of nitrogens with one attached hydrogen (secondary N) is 5. The van der Waals surface area contributed by atoms with E-state index in [-0.39, 0.29) is 17.9 Å². The molecule has 0 radical (unpaired) electrons. The molecule has 7 aromatic rings. The van der Waals surface area contributed by atoms with E-state index >= 15 is 0 Å². The molecule has 2 aliphatic rings. The van der Waals surface area contributed by atoms with Crippen LogP contribution in [0.5, 0.6) is 0 Å². The number of aromatic amines is 3. The number of alkyl carbamates (subject to hydrolysis) is 2. The first-order valence-electron chi connectivity index (χ1n) is 20.2. The van der Waals surface area contributed by atoms with Crippen molar-refractivity contribution in [2.75, 3.05) is 27.3 Å². The van der Waals surface area contributed by atoms with E-state index in [0.29, 0.717) is 35.9 Å². The van der Waals surface area contributed by atoms with Crippen molar-refractivity contribution < 1.29 is 28.7 Å². The van der Waals surface area contributed by atoms with Gasteiger partial charge in [-0.3, -0.25) is 9.59 Å². The molecule has 16 heteroatoms. The topological polar surface area (TPSA) is 190 Å². The summed E-state index contributed by atoms with van der Waals surface area (Å²) in [6.45, 7) is 0.920.